The van der Waals surface area contributed by atoms with Gasteiger partial charge in [0.15, 0.2) is 0 Å². The topological polar surface area (TPSA) is 42.2 Å². The third kappa shape index (κ3) is 3.25. The first-order valence-electron chi connectivity index (χ1n) is 5.26. The molecule has 0 saturated heterocycles. The molecule has 17 heavy (non-hydrogen) atoms. The van der Waals surface area contributed by atoms with E-state index in [-0.39, 0.29) is 5.92 Å². The molecule has 0 amide bonds. The number of hydrogen-bond acceptors (Lipinski definition) is 1. The van der Waals surface area contributed by atoms with Crippen molar-refractivity contribution in [1.82, 2.24) is 4.57 Å². The van der Waals surface area contributed by atoms with Gasteiger partial charge in [-0.3, -0.25) is 0 Å². The van der Waals surface area contributed by atoms with Crippen LogP contribution < -0.4 is 0 Å². The molecule has 1 heterocycles. The van der Waals surface area contributed by atoms with Gasteiger partial charge in [0, 0.05) is 18.9 Å². The number of rotatable bonds is 4. The summed E-state index contributed by atoms with van der Waals surface area (Å²) in [4.78, 5) is 10.7. The van der Waals surface area contributed by atoms with Crippen LogP contribution in [-0.4, -0.2) is 15.6 Å². The van der Waals surface area contributed by atoms with Crippen LogP contribution in [-0.2, 0) is 12.7 Å². The molecule has 0 bridgehead atoms. The van der Waals surface area contributed by atoms with Crippen LogP contribution in [0.15, 0.2) is 12.4 Å². The Balaban J connectivity index is 3.09. The van der Waals surface area contributed by atoms with E-state index in [1.807, 2.05) is 13.8 Å². The summed E-state index contributed by atoms with van der Waals surface area (Å²) < 4.78 is 39.0. The summed E-state index contributed by atoms with van der Waals surface area (Å²) >= 11 is 0. The van der Waals surface area contributed by atoms with Gasteiger partial charge in [-0.15, -0.1) is 0 Å². The van der Waals surface area contributed by atoms with E-state index in [0.717, 1.165) is 18.8 Å². The Morgan fingerprint density at radius 3 is 2.41 bits per heavy atom. The van der Waals surface area contributed by atoms with E-state index in [1.165, 1.54) is 4.57 Å². The smallest absolute Gasteiger partial charge is 0.418 e. The molecule has 6 heteroatoms. The Morgan fingerprint density at radius 2 is 2.06 bits per heavy atom. The van der Waals surface area contributed by atoms with Gasteiger partial charge in [0.05, 0.1) is 11.1 Å². The molecule has 1 unspecified atom stereocenters. The summed E-state index contributed by atoms with van der Waals surface area (Å²) in [6.45, 7) is 4.21. The monoisotopic (exact) mass is 249 g/mol. The van der Waals surface area contributed by atoms with Crippen LogP contribution in [0.1, 0.15) is 36.2 Å². The molecule has 0 fully saturated rings. The van der Waals surface area contributed by atoms with Crippen molar-refractivity contribution in [2.75, 3.05) is 0 Å². The fourth-order valence-corrected chi connectivity index (χ4v) is 1.50. The molecular weight excluding hydrogens is 235 g/mol. The highest BCUT2D eigenvalue weighted by atomic mass is 19.4. The van der Waals surface area contributed by atoms with Crippen LogP contribution in [0.25, 0.3) is 0 Å². The summed E-state index contributed by atoms with van der Waals surface area (Å²) in [6, 6.07) is 0. The summed E-state index contributed by atoms with van der Waals surface area (Å²) in [5.41, 5.74) is -1.78. The number of alkyl halides is 3. The lowest BCUT2D eigenvalue weighted by molar-refractivity contribution is -0.138. The van der Waals surface area contributed by atoms with Crippen molar-refractivity contribution in [1.29, 1.82) is 0 Å². The molecule has 0 saturated carbocycles. The Hall–Kier alpha value is -1.46. The van der Waals surface area contributed by atoms with Crippen molar-refractivity contribution in [3.8, 4) is 0 Å². The van der Waals surface area contributed by atoms with Crippen LogP contribution in [0, 0.1) is 5.92 Å². The number of carboxylic acid groups (broad SMARTS) is 1. The first-order chi connectivity index (χ1) is 7.75. The highest BCUT2D eigenvalue weighted by Crippen LogP contribution is 2.32. The Labute approximate surface area is 96.9 Å². The number of carbonyl (C=O) groups is 1. The number of nitrogens with zero attached hydrogens (tertiary/aromatic N) is 1. The van der Waals surface area contributed by atoms with Crippen molar-refractivity contribution in [3.63, 3.8) is 0 Å². The van der Waals surface area contributed by atoms with Gasteiger partial charge < -0.3 is 9.67 Å². The molecule has 1 rings (SSSR count). The molecule has 0 aromatic carbocycles. The quantitative estimate of drug-likeness (QED) is 0.889. The normalized spacial score (nSPS) is 13.7. The second-order valence-electron chi connectivity index (χ2n) is 4.10. The van der Waals surface area contributed by atoms with Crippen LogP contribution in [0.3, 0.4) is 0 Å². The first-order valence-corrected chi connectivity index (χ1v) is 5.26. The first kappa shape index (κ1) is 13.6. The van der Waals surface area contributed by atoms with Gasteiger partial charge >= 0.3 is 12.1 Å². The molecule has 96 valence electrons. The second-order valence-corrected chi connectivity index (χ2v) is 4.10. The van der Waals surface area contributed by atoms with E-state index in [4.69, 9.17) is 5.11 Å². The lowest BCUT2D eigenvalue weighted by Gasteiger charge is -2.09. The molecule has 1 aromatic rings. The lowest BCUT2D eigenvalue weighted by atomic mass is 10.1. The van der Waals surface area contributed by atoms with Crippen LogP contribution >= 0.6 is 0 Å². The molecule has 0 spiro atoms. The zero-order chi connectivity index (χ0) is 13.2. The number of aromatic carboxylic acids is 1. The molecular formula is C11H14F3NO2. The van der Waals surface area contributed by atoms with E-state index in [2.05, 4.69) is 0 Å². The minimum absolute atomic E-state index is 0.199. The molecule has 1 aromatic heterocycles. The van der Waals surface area contributed by atoms with Crippen molar-refractivity contribution < 1.29 is 23.1 Å². The maximum atomic E-state index is 12.6. The summed E-state index contributed by atoms with van der Waals surface area (Å²) in [5, 5.41) is 8.72. The molecule has 0 radical (unpaired) electrons. The summed E-state index contributed by atoms with van der Waals surface area (Å²) in [5.74, 6) is -1.36. The molecule has 0 aliphatic carbocycles. The molecule has 1 atom stereocenters. The van der Waals surface area contributed by atoms with Crippen molar-refractivity contribution in [2.24, 2.45) is 5.92 Å². The summed E-state index contributed by atoms with van der Waals surface area (Å²) in [6.07, 6.45) is -1.91. The van der Waals surface area contributed by atoms with E-state index >= 15 is 0 Å². The van der Waals surface area contributed by atoms with Gasteiger partial charge in [0.2, 0.25) is 0 Å². The number of halogens is 3. The van der Waals surface area contributed by atoms with Gasteiger partial charge in [0.25, 0.3) is 0 Å². The Bertz CT molecular complexity index is 409. The van der Waals surface area contributed by atoms with Crippen LogP contribution in [0.2, 0.25) is 0 Å². The van der Waals surface area contributed by atoms with E-state index < -0.39 is 23.3 Å². The fourth-order valence-electron chi connectivity index (χ4n) is 1.50. The van der Waals surface area contributed by atoms with E-state index in [0.29, 0.717) is 6.54 Å². The SMILES string of the molecule is CCC(C)Cn1cc(C(=O)O)c(C(F)(F)F)c1. The minimum atomic E-state index is -4.63. The van der Waals surface area contributed by atoms with Gasteiger partial charge in [-0.05, 0) is 5.92 Å². The number of aromatic nitrogens is 1. The average molecular weight is 249 g/mol. The second kappa shape index (κ2) is 4.81. The fraction of sp³-hybridized carbons (Fsp3) is 0.545. The maximum Gasteiger partial charge on any atom is 0.418 e. The largest absolute Gasteiger partial charge is 0.478 e. The Morgan fingerprint density at radius 1 is 1.47 bits per heavy atom. The van der Waals surface area contributed by atoms with E-state index in [9.17, 15) is 18.0 Å². The Kier molecular flexibility index (Phi) is 3.85. The highest BCUT2D eigenvalue weighted by Gasteiger charge is 2.37. The molecule has 0 aliphatic rings. The average Bonchev–Trinajstić information content (AvgIpc) is 2.61. The highest BCUT2D eigenvalue weighted by molar-refractivity contribution is 5.89. The van der Waals surface area contributed by atoms with Gasteiger partial charge in [-0.2, -0.15) is 13.2 Å². The van der Waals surface area contributed by atoms with Gasteiger partial charge in [-0.1, -0.05) is 20.3 Å². The zero-order valence-electron chi connectivity index (χ0n) is 9.58. The summed E-state index contributed by atoms with van der Waals surface area (Å²) in [7, 11) is 0. The zero-order valence-corrected chi connectivity index (χ0v) is 9.58. The lowest BCUT2D eigenvalue weighted by Crippen LogP contribution is -2.09. The molecule has 3 nitrogen and oxygen atoms in total. The molecule has 0 aliphatic heterocycles. The van der Waals surface area contributed by atoms with Crippen LogP contribution in [0.4, 0.5) is 13.2 Å². The van der Waals surface area contributed by atoms with Gasteiger partial charge in [-0.25, -0.2) is 4.79 Å². The third-order valence-corrected chi connectivity index (χ3v) is 2.64. The van der Waals surface area contributed by atoms with Crippen molar-refractivity contribution in [2.45, 2.75) is 33.0 Å². The standard InChI is InChI=1S/C11H14F3NO2/c1-3-7(2)4-15-5-8(10(16)17)9(6-15)11(12,13)14/h5-7H,3-4H2,1-2H3,(H,16,17). The van der Waals surface area contributed by atoms with Crippen LogP contribution in [0.5, 0.6) is 0 Å². The number of hydrogen-bond donors (Lipinski definition) is 1. The predicted octanol–water partition coefficient (Wildman–Crippen LogP) is 3.25. The third-order valence-electron chi connectivity index (χ3n) is 2.64. The van der Waals surface area contributed by atoms with Crippen molar-refractivity contribution >= 4 is 5.97 Å². The van der Waals surface area contributed by atoms with Crippen molar-refractivity contribution in [3.05, 3.63) is 23.5 Å². The maximum absolute atomic E-state index is 12.6. The predicted molar refractivity (Wildman–Crippen MR) is 55.8 cm³/mol. The van der Waals surface area contributed by atoms with E-state index in [1.54, 1.807) is 0 Å². The minimum Gasteiger partial charge on any atom is -0.478 e. The molecule has 1 N–H and O–H groups in total. The van der Waals surface area contributed by atoms with Gasteiger partial charge in [0.1, 0.15) is 0 Å². The number of carboxylic acids is 1.